The van der Waals surface area contributed by atoms with Gasteiger partial charge in [0.2, 0.25) is 5.91 Å². The Balaban J connectivity index is 1.57. The minimum Gasteiger partial charge on any atom is -0.370 e. The fourth-order valence-electron chi connectivity index (χ4n) is 4.62. The SMILES string of the molecule is CCCCn1c(=O)[nH]c(=O)c2c1nc(CCC(=O)N1CCO[C@@H](c3ccccc3)C1)n2CC(C)C. The number of benzene rings is 1. The van der Waals surface area contributed by atoms with Gasteiger partial charge in [0.05, 0.1) is 13.2 Å². The second-order valence-electron chi connectivity index (χ2n) is 9.58. The van der Waals surface area contributed by atoms with Gasteiger partial charge in [-0.25, -0.2) is 9.78 Å². The van der Waals surface area contributed by atoms with Crippen molar-refractivity contribution in [3.8, 4) is 0 Å². The Kier molecular flexibility index (Phi) is 7.85. The highest BCUT2D eigenvalue weighted by Crippen LogP contribution is 2.23. The number of hydrogen-bond donors (Lipinski definition) is 1. The van der Waals surface area contributed by atoms with Crippen LogP contribution in [0.25, 0.3) is 11.2 Å². The van der Waals surface area contributed by atoms with E-state index < -0.39 is 11.2 Å². The van der Waals surface area contributed by atoms with Crippen LogP contribution in [0, 0.1) is 5.92 Å². The van der Waals surface area contributed by atoms with E-state index >= 15 is 0 Å². The van der Waals surface area contributed by atoms with Crippen molar-refractivity contribution in [2.24, 2.45) is 5.92 Å². The molecule has 35 heavy (non-hydrogen) atoms. The molecule has 1 aliphatic heterocycles. The van der Waals surface area contributed by atoms with Gasteiger partial charge in [-0.3, -0.25) is 19.1 Å². The fourth-order valence-corrected chi connectivity index (χ4v) is 4.62. The Morgan fingerprint density at radius 3 is 2.69 bits per heavy atom. The van der Waals surface area contributed by atoms with Crippen LogP contribution < -0.4 is 11.2 Å². The predicted molar refractivity (Wildman–Crippen MR) is 134 cm³/mol. The van der Waals surface area contributed by atoms with Gasteiger partial charge in [0.25, 0.3) is 5.56 Å². The third kappa shape index (κ3) is 5.56. The van der Waals surface area contributed by atoms with Gasteiger partial charge in [-0.2, -0.15) is 0 Å². The van der Waals surface area contributed by atoms with Crippen LogP contribution >= 0.6 is 0 Å². The summed E-state index contributed by atoms with van der Waals surface area (Å²) in [6.07, 6.45) is 2.27. The first kappa shape index (κ1) is 24.9. The van der Waals surface area contributed by atoms with Gasteiger partial charge >= 0.3 is 5.69 Å². The number of aromatic amines is 1. The number of imidazole rings is 1. The largest absolute Gasteiger partial charge is 0.370 e. The highest BCUT2D eigenvalue weighted by atomic mass is 16.5. The number of amides is 1. The van der Waals surface area contributed by atoms with E-state index in [-0.39, 0.29) is 24.3 Å². The number of fused-ring (bicyclic) bond motifs is 1. The van der Waals surface area contributed by atoms with Crippen LogP contribution in [0.15, 0.2) is 39.9 Å². The van der Waals surface area contributed by atoms with Gasteiger partial charge in [0, 0.05) is 32.5 Å². The van der Waals surface area contributed by atoms with Crippen molar-refractivity contribution in [3.05, 3.63) is 62.6 Å². The number of morpholine rings is 1. The number of carbonyl (C=O) groups is 1. The van der Waals surface area contributed by atoms with Gasteiger partial charge < -0.3 is 14.2 Å². The summed E-state index contributed by atoms with van der Waals surface area (Å²) in [5, 5.41) is 0. The van der Waals surface area contributed by atoms with Crippen molar-refractivity contribution < 1.29 is 9.53 Å². The lowest BCUT2D eigenvalue weighted by molar-refractivity contribution is -0.139. The summed E-state index contributed by atoms with van der Waals surface area (Å²) in [6.45, 7) is 8.84. The lowest BCUT2D eigenvalue weighted by atomic mass is 10.1. The number of carbonyl (C=O) groups excluding carboxylic acids is 1. The Morgan fingerprint density at radius 1 is 1.20 bits per heavy atom. The van der Waals surface area contributed by atoms with E-state index in [1.807, 2.05) is 39.8 Å². The molecule has 188 valence electrons. The van der Waals surface area contributed by atoms with E-state index in [9.17, 15) is 14.4 Å². The average molecular weight is 482 g/mol. The molecule has 1 N–H and O–H groups in total. The van der Waals surface area contributed by atoms with Crippen LogP contribution in [0.5, 0.6) is 0 Å². The minimum absolute atomic E-state index is 0.0367. The molecule has 3 aromatic rings. The first-order chi connectivity index (χ1) is 16.9. The van der Waals surface area contributed by atoms with Crippen LogP contribution in [0.2, 0.25) is 0 Å². The second-order valence-corrected chi connectivity index (χ2v) is 9.58. The Morgan fingerprint density at radius 2 is 1.97 bits per heavy atom. The highest BCUT2D eigenvalue weighted by molar-refractivity contribution is 5.77. The molecule has 4 rings (SSSR count). The fraction of sp³-hybridized carbons (Fsp3) is 0.538. The summed E-state index contributed by atoms with van der Waals surface area (Å²) in [6, 6.07) is 9.94. The van der Waals surface area contributed by atoms with Crippen LogP contribution in [0.3, 0.4) is 0 Å². The topological polar surface area (TPSA) is 102 Å². The lowest BCUT2D eigenvalue weighted by Crippen LogP contribution is -2.42. The van der Waals surface area contributed by atoms with Crippen molar-refractivity contribution in [1.29, 1.82) is 0 Å². The Labute approximate surface area is 204 Å². The van der Waals surface area contributed by atoms with E-state index in [0.29, 0.717) is 56.2 Å². The molecular weight excluding hydrogens is 446 g/mol. The molecule has 0 saturated carbocycles. The standard InChI is InChI=1S/C26H35N5O4/c1-4-5-13-30-24-23(25(33)28-26(30)34)31(16-18(2)3)21(27-24)11-12-22(32)29-14-15-35-20(17-29)19-9-7-6-8-10-19/h6-10,18,20H,4-5,11-17H2,1-3H3,(H,28,33,34)/t20-/m1/s1. The number of rotatable bonds is 9. The Bertz CT molecular complexity index is 1270. The van der Waals surface area contributed by atoms with Gasteiger partial charge in [-0.05, 0) is 17.9 Å². The van der Waals surface area contributed by atoms with Crippen molar-refractivity contribution in [2.45, 2.75) is 65.6 Å². The van der Waals surface area contributed by atoms with E-state index in [0.717, 1.165) is 18.4 Å². The molecule has 0 spiro atoms. The average Bonchev–Trinajstić information content (AvgIpc) is 3.20. The maximum atomic E-state index is 13.1. The Hall–Kier alpha value is -3.20. The molecule has 1 fully saturated rings. The maximum absolute atomic E-state index is 13.1. The first-order valence-electron chi connectivity index (χ1n) is 12.6. The molecule has 3 heterocycles. The number of aryl methyl sites for hydroxylation is 2. The van der Waals surface area contributed by atoms with Crippen LogP contribution in [0.1, 0.15) is 57.5 Å². The maximum Gasteiger partial charge on any atom is 0.330 e. The van der Waals surface area contributed by atoms with Crippen molar-refractivity contribution >= 4 is 17.1 Å². The normalized spacial score (nSPS) is 16.3. The third-order valence-corrected chi connectivity index (χ3v) is 6.40. The van der Waals surface area contributed by atoms with E-state index in [2.05, 4.69) is 25.8 Å². The number of hydrogen-bond acceptors (Lipinski definition) is 5. The molecule has 0 radical (unpaired) electrons. The zero-order valence-corrected chi connectivity index (χ0v) is 20.8. The first-order valence-corrected chi connectivity index (χ1v) is 12.6. The molecular formula is C26H35N5O4. The molecule has 0 bridgehead atoms. The summed E-state index contributed by atoms with van der Waals surface area (Å²) in [7, 11) is 0. The summed E-state index contributed by atoms with van der Waals surface area (Å²) in [5.74, 6) is 0.967. The van der Waals surface area contributed by atoms with Gasteiger partial charge in [0.1, 0.15) is 11.9 Å². The zero-order valence-electron chi connectivity index (χ0n) is 20.8. The molecule has 0 aliphatic carbocycles. The van der Waals surface area contributed by atoms with Gasteiger partial charge in [-0.1, -0.05) is 57.5 Å². The molecule has 0 unspecified atom stereocenters. The summed E-state index contributed by atoms with van der Waals surface area (Å²) >= 11 is 0. The van der Waals surface area contributed by atoms with Crippen LogP contribution in [-0.2, 0) is 29.0 Å². The lowest BCUT2D eigenvalue weighted by Gasteiger charge is -2.33. The second kappa shape index (κ2) is 11.0. The van der Waals surface area contributed by atoms with E-state index in [4.69, 9.17) is 9.72 Å². The number of aromatic nitrogens is 4. The molecule has 9 heteroatoms. The number of H-pyrrole nitrogens is 1. The summed E-state index contributed by atoms with van der Waals surface area (Å²) in [5.41, 5.74) is 1.02. The predicted octanol–water partition coefficient (Wildman–Crippen LogP) is 2.88. The zero-order chi connectivity index (χ0) is 24.9. The van der Waals surface area contributed by atoms with Crippen molar-refractivity contribution in [1.82, 2.24) is 24.0 Å². The summed E-state index contributed by atoms with van der Waals surface area (Å²) < 4.78 is 9.34. The molecule has 2 aromatic heterocycles. The van der Waals surface area contributed by atoms with Crippen LogP contribution in [-0.4, -0.2) is 49.6 Å². The molecule has 1 aliphatic rings. The summed E-state index contributed by atoms with van der Waals surface area (Å²) in [4.78, 5) is 47.5. The smallest absolute Gasteiger partial charge is 0.330 e. The molecule has 1 saturated heterocycles. The minimum atomic E-state index is -0.437. The van der Waals surface area contributed by atoms with Gasteiger partial charge in [-0.15, -0.1) is 0 Å². The van der Waals surface area contributed by atoms with Crippen molar-refractivity contribution in [2.75, 3.05) is 19.7 Å². The number of unbranched alkanes of at least 4 members (excludes halogenated alkanes) is 1. The number of nitrogens with one attached hydrogen (secondary N) is 1. The van der Waals surface area contributed by atoms with Crippen molar-refractivity contribution in [3.63, 3.8) is 0 Å². The van der Waals surface area contributed by atoms with Gasteiger partial charge in [0.15, 0.2) is 11.2 Å². The van der Waals surface area contributed by atoms with E-state index in [1.54, 1.807) is 4.57 Å². The molecule has 1 aromatic carbocycles. The third-order valence-electron chi connectivity index (χ3n) is 6.40. The van der Waals surface area contributed by atoms with E-state index in [1.165, 1.54) is 0 Å². The number of ether oxygens (including phenoxy) is 1. The monoisotopic (exact) mass is 481 g/mol. The number of nitrogens with zero attached hydrogens (tertiary/aromatic N) is 4. The molecule has 1 atom stereocenters. The molecule has 9 nitrogen and oxygen atoms in total. The quantitative estimate of drug-likeness (QED) is 0.506. The molecule has 1 amide bonds. The highest BCUT2D eigenvalue weighted by Gasteiger charge is 2.26. The van der Waals surface area contributed by atoms with Crippen LogP contribution in [0.4, 0.5) is 0 Å².